The number of nitrogens with zero attached hydrogens (tertiary/aromatic N) is 1. The fourth-order valence-electron chi connectivity index (χ4n) is 3.46. The second-order valence-electron chi connectivity index (χ2n) is 9.20. The third kappa shape index (κ3) is 17.9. The zero-order valence-corrected chi connectivity index (χ0v) is 26.7. The number of anilines is 1. The minimum atomic E-state index is 0.147. The van der Waals surface area contributed by atoms with Gasteiger partial charge in [0.05, 0.1) is 0 Å². The monoisotopic (exact) mass is 554 g/mol. The molecule has 1 heterocycles. The van der Waals surface area contributed by atoms with Crippen LogP contribution in [0.5, 0.6) is 0 Å². The molecule has 6 nitrogen and oxygen atoms in total. The van der Waals surface area contributed by atoms with Gasteiger partial charge in [0.15, 0.2) is 0 Å². The van der Waals surface area contributed by atoms with Gasteiger partial charge >= 0.3 is 0 Å². The van der Waals surface area contributed by atoms with E-state index in [4.69, 9.17) is 14.4 Å². The van der Waals surface area contributed by atoms with Gasteiger partial charge in [-0.3, -0.25) is 4.79 Å². The summed E-state index contributed by atoms with van der Waals surface area (Å²) in [4.78, 5) is 40.6. The van der Waals surface area contributed by atoms with Crippen LogP contribution in [0.15, 0.2) is 48.5 Å². The molecule has 0 saturated carbocycles. The third-order valence-electron chi connectivity index (χ3n) is 6.02. The van der Waals surface area contributed by atoms with Gasteiger partial charge in [0.1, 0.15) is 19.0 Å². The fraction of sp³-hybridized carbons (Fsp3) is 0.500. The number of aryl methyl sites for hydroxylation is 2. The molecule has 1 amide bonds. The lowest BCUT2D eigenvalue weighted by atomic mass is 9.89. The molecule has 40 heavy (non-hydrogen) atoms. The van der Waals surface area contributed by atoms with Crippen LogP contribution >= 0.6 is 0 Å². The summed E-state index contributed by atoms with van der Waals surface area (Å²) < 4.78 is 0. The summed E-state index contributed by atoms with van der Waals surface area (Å²) in [7, 11) is 1.89. The highest BCUT2D eigenvalue weighted by molar-refractivity contribution is 5.95. The predicted octanol–water partition coefficient (Wildman–Crippen LogP) is 7.86. The summed E-state index contributed by atoms with van der Waals surface area (Å²) in [5.74, 6) is 3.16. The van der Waals surface area contributed by atoms with Gasteiger partial charge in [0, 0.05) is 31.4 Å². The molecule has 1 N–H and O–H groups in total. The van der Waals surface area contributed by atoms with Crippen LogP contribution in [0, 0.1) is 19.8 Å². The molecular formula is C34H54N2O4. The van der Waals surface area contributed by atoms with Crippen LogP contribution in [0.4, 0.5) is 5.69 Å². The van der Waals surface area contributed by atoms with Crippen LogP contribution in [-0.2, 0) is 14.4 Å². The Labute approximate surface area is 244 Å². The van der Waals surface area contributed by atoms with Crippen molar-refractivity contribution < 1.29 is 19.2 Å². The van der Waals surface area contributed by atoms with E-state index in [1.807, 2.05) is 57.7 Å². The van der Waals surface area contributed by atoms with Crippen molar-refractivity contribution in [3.05, 3.63) is 70.8 Å². The van der Waals surface area contributed by atoms with E-state index < -0.39 is 0 Å². The highest BCUT2D eigenvalue weighted by Crippen LogP contribution is 2.29. The van der Waals surface area contributed by atoms with Crippen LogP contribution in [0.2, 0.25) is 0 Å². The number of piperidine rings is 1. The number of allylic oxidation sites excluding steroid dienone is 1. The van der Waals surface area contributed by atoms with E-state index in [1.54, 1.807) is 12.9 Å². The van der Waals surface area contributed by atoms with Gasteiger partial charge in [-0.2, -0.15) is 0 Å². The average Bonchev–Trinajstić information content (AvgIpc) is 3.00. The lowest BCUT2D eigenvalue weighted by Crippen LogP contribution is -2.37. The number of carbonyl (C=O) groups excluding carboxylic acids is 4. The number of hydrogen-bond donors (Lipinski definition) is 1. The molecular weight excluding hydrogens is 500 g/mol. The minimum absolute atomic E-state index is 0.147. The molecule has 0 aliphatic carbocycles. The highest BCUT2D eigenvalue weighted by atomic mass is 16.2. The fourth-order valence-corrected chi connectivity index (χ4v) is 3.46. The minimum Gasteiger partial charge on any atom is -0.388 e. The maximum Gasteiger partial charge on any atom is 0.253 e. The second kappa shape index (κ2) is 27.1. The predicted molar refractivity (Wildman–Crippen MR) is 171 cm³/mol. The van der Waals surface area contributed by atoms with Crippen molar-refractivity contribution in [2.75, 3.05) is 25.5 Å². The van der Waals surface area contributed by atoms with Gasteiger partial charge in [-0.05, 0) is 81.7 Å². The first-order chi connectivity index (χ1) is 19.2. The van der Waals surface area contributed by atoms with Gasteiger partial charge in [-0.1, -0.05) is 76.9 Å². The van der Waals surface area contributed by atoms with Crippen LogP contribution < -0.4 is 5.32 Å². The molecule has 0 radical (unpaired) electrons. The van der Waals surface area contributed by atoms with Crippen LogP contribution in [-0.4, -0.2) is 50.0 Å². The highest BCUT2D eigenvalue weighted by Gasteiger charge is 2.24. The molecule has 0 aromatic heterocycles. The molecule has 1 aliphatic rings. The van der Waals surface area contributed by atoms with E-state index in [2.05, 4.69) is 57.3 Å². The van der Waals surface area contributed by atoms with Crippen molar-refractivity contribution in [1.82, 2.24) is 4.90 Å². The Morgan fingerprint density at radius 3 is 1.88 bits per heavy atom. The van der Waals surface area contributed by atoms with Crippen LogP contribution in [0.1, 0.15) is 101 Å². The Hall–Kier alpha value is -3.50. The number of hydrogen-bond acceptors (Lipinski definition) is 5. The lowest BCUT2D eigenvalue weighted by molar-refractivity contribution is -0.106. The van der Waals surface area contributed by atoms with Crippen molar-refractivity contribution in [2.45, 2.75) is 87.5 Å². The number of aldehydes is 1. The van der Waals surface area contributed by atoms with E-state index in [0.717, 1.165) is 54.9 Å². The standard InChI is InChI=1S/C21H26N2O.C5H12.C3H4O.C2H4O.C2H6.CH2O/c1-15-4-7-17(8-5-15)18-10-12-23(13-11-18)21(24)19-9-6-16(2)20(14-19)22-3;1-4-5(2)3;1-2-3-4;1-2-3;2*1-2/h4-9,14,18,22H,10-13H2,1-3H3;5H,4H2,1-3H3;2H,1H3;2H,1H3;1-2H3;1H2. The van der Waals surface area contributed by atoms with Gasteiger partial charge in [0.25, 0.3) is 5.91 Å². The van der Waals surface area contributed by atoms with Gasteiger partial charge in [-0.15, -0.1) is 0 Å². The molecule has 1 aliphatic heterocycles. The molecule has 0 atom stereocenters. The zero-order valence-electron chi connectivity index (χ0n) is 26.7. The van der Waals surface area contributed by atoms with Crippen molar-refractivity contribution in [1.29, 1.82) is 0 Å². The van der Waals surface area contributed by atoms with E-state index >= 15 is 0 Å². The van der Waals surface area contributed by atoms with Crippen molar-refractivity contribution in [2.24, 2.45) is 5.92 Å². The maximum atomic E-state index is 12.8. The number of likely N-dealkylation sites (tertiary alicyclic amines) is 1. The summed E-state index contributed by atoms with van der Waals surface area (Å²) in [6, 6.07) is 14.7. The Morgan fingerprint density at radius 1 is 1.05 bits per heavy atom. The molecule has 0 unspecified atom stereocenters. The Bertz CT molecular complexity index is 956. The SMILES string of the molecule is C=O.CC.CC=C=O.CC=O.CCC(C)C.CNc1cc(C(=O)N2CCC(c3ccc(C)cc3)CC2)ccc1C. The van der Waals surface area contributed by atoms with Crippen molar-refractivity contribution in [3.63, 3.8) is 0 Å². The van der Waals surface area contributed by atoms with E-state index in [1.165, 1.54) is 30.5 Å². The Balaban J connectivity index is -0.000000714. The molecule has 0 spiro atoms. The maximum absolute atomic E-state index is 12.8. The molecule has 2 aromatic carbocycles. The molecule has 2 aromatic rings. The first kappa shape index (κ1) is 41.0. The van der Waals surface area contributed by atoms with Gasteiger partial charge in [-0.25, -0.2) is 4.79 Å². The summed E-state index contributed by atoms with van der Waals surface area (Å²) in [5.41, 5.74) is 5.66. The first-order valence-electron chi connectivity index (χ1n) is 14.2. The largest absolute Gasteiger partial charge is 0.388 e. The van der Waals surface area contributed by atoms with E-state index in [9.17, 15) is 4.79 Å². The summed E-state index contributed by atoms with van der Waals surface area (Å²) >= 11 is 0. The van der Waals surface area contributed by atoms with E-state index in [-0.39, 0.29) is 5.91 Å². The number of nitrogens with one attached hydrogen (secondary N) is 1. The smallest absolute Gasteiger partial charge is 0.253 e. The molecule has 6 heteroatoms. The second-order valence-corrected chi connectivity index (χ2v) is 9.20. The third-order valence-corrected chi connectivity index (χ3v) is 6.02. The normalized spacial score (nSPS) is 11.4. The number of rotatable bonds is 4. The average molecular weight is 555 g/mol. The summed E-state index contributed by atoms with van der Waals surface area (Å²) in [6.07, 6.45) is 5.46. The lowest BCUT2D eigenvalue weighted by Gasteiger charge is -2.32. The van der Waals surface area contributed by atoms with Gasteiger partial charge < -0.3 is 19.8 Å². The zero-order chi connectivity index (χ0) is 31.5. The van der Waals surface area contributed by atoms with Gasteiger partial charge in [0.2, 0.25) is 0 Å². The Morgan fingerprint density at radius 2 is 1.50 bits per heavy atom. The summed E-state index contributed by atoms with van der Waals surface area (Å²) in [6.45, 7) is 21.6. The summed E-state index contributed by atoms with van der Waals surface area (Å²) in [5, 5.41) is 3.16. The quantitative estimate of drug-likeness (QED) is 0.307. The first-order valence-corrected chi connectivity index (χ1v) is 14.2. The topological polar surface area (TPSA) is 83.5 Å². The number of amides is 1. The number of benzene rings is 2. The van der Waals surface area contributed by atoms with Crippen molar-refractivity contribution in [3.8, 4) is 0 Å². The molecule has 224 valence electrons. The van der Waals surface area contributed by atoms with E-state index in [0.29, 0.717) is 5.92 Å². The molecule has 0 bridgehead atoms. The molecule has 1 saturated heterocycles. The molecule has 1 fully saturated rings. The van der Waals surface area contributed by atoms with Crippen LogP contribution in [0.25, 0.3) is 0 Å². The number of carbonyl (C=O) groups is 3. The van der Waals surface area contributed by atoms with Crippen LogP contribution in [0.3, 0.4) is 0 Å². The van der Waals surface area contributed by atoms with Crippen molar-refractivity contribution >= 4 is 30.6 Å². The Kier molecular flexibility index (Phi) is 27.8. The molecule has 3 rings (SSSR count).